The SMILES string of the molecule is Cc1cc(C)cc(N=C2NC(=O)/C(=C/c3ccc(Sc4nc5ccc([N+](=O)[O-])cc5s4)o3)S2)c1. The Morgan fingerprint density at radius 3 is 2.71 bits per heavy atom. The Hall–Kier alpha value is -3.41. The third-order valence-electron chi connectivity index (χ3n) is 4.71. The predicted molar refractivity (Wildman–Crippen MR) is 136 cm³/mol. The molecule has 1 saturated heterocycles. The molecule has 34 heavy (non-hydrogen) atoms. The first-order chi connectivity index (χ1) is 16.3. The molecule has 1 N–H and O–H groups in total. The summed E-state index contributed by atoms with van der Waals surface area (Å²) in [7, 11) is 0. The number of thiazole rings is 1. The Balaban J connectivity index is 1.31. The maximum absolute atomic E-state index is 12.4. The fourth-order valence-corrected chi connectivity index (χ4v) is 6.17. The molecule has 5 rings (SSSR count). The van der Waals surface area contributed by atoms with Crippen molar-refractivity contribution in [1.29, 1.82) is 0 Å². The van der Waals surface area contributed by atoms with Gasteiger partial charge >= 0.3 is 0 Å². The van der Waals surface area contributed by atoms with E-state index in [1.807, 2.05) is 26.0 Å². The molecule has 0 radical (unpaired) electrons. The van der Waals surface area contributed by atoms with E-state index in [0.29, 0.717) is 30.8 Å². The first-order valence-corrected chi connectivity index (χ1v) is 12.5. The van der Waals surface area contributed by atoms with Gasteiger partial charge in [-0.1, -0.05) is 6.07 Å². The lowest BCUT2D eigenvalue weighted by Crippen LogP contribution is -2.19. The topological polar surface area (TPSA) is 111 Å². The van der Waals surface area contributed by atoms with Crippen molar-refractivity contribution >= 4 is 73.6 Å². The second-order valence-corrected chi connectivity index (χ2v) is 10.8. The second kappa shape index (κ2) is 9.09. The van der Waals surface area contributed by atoms with Gasteiger partial charge in [0.2, 0.25) is 0 Å². The monoisotopic (exact) mass is 508 g/mol. The zero-order valence-corrected chi connectivity index (χ0v) is 20.3. The van der Waals surface area contributed by atoms with E-state index in [-0.39, 0.29) is 11.6 Å². The van der Waals surface area contributed by atoms with Crippen LogP contribution in [0.15, 0.2) is 72.3 Å². The van der Waals surface area contributed by atoms with Crippen LogP contribution in [0.3, 0.4) is 0 Å². The molecule has 2 aromatic carbocycles. The molecule has 170 valence electrons. The molecule has 0 atom stereocenters. The second-order valence-electron chi connectivity index (χ2n) is 7.48. The van der Waals surface area contributed by atoms with Crippen molar-refractivity contribution in [2.45, 2.75) is 23.3 Å². The van der Waals surface area contributed by atoms with Crippen LogP contribution in [0.4, 0.5) is 11.4 Å². The van der Waals surface area contributed by atoms with Crippen LogP contribution in [0.5, 0.6) is 0 Å². The highest BCUT2D eigenvalue weighted by molar-refractivity contribution is 8.18. The van der Waals surface area contributed by atoms with E-state index in [4.69, 9.17) is 4.42 Å². The average Bonchev–Trinajstić information content (AvgIpc) is 3.46. The van der Waals surface area contributed by atoms with Gasteiger partial charge < -0.3 is 9.73 Å². The molecular weight excluding hydrogens is 492 g/mol. The van der Waals surface area contributed by atoms with Gasteiger partial charge in [-0.2, -0.15) is 0 Å². The fourth-order valence-electron chi connectivity index (χ4n) is 3.34. The number of nitro benzene ring substituents is 1. The Morgan fingerprint density at radius 2 is 1.94 bits per heavy atom. The molecule has 1 aliphatic rings. The van der Waals surface area contributed by atoms with Gasteiger partial charge in [0.25, 0.3) is 11.6 Å². The summed E-state index contributed by atoms with van der Waals surface area (Å²) in [5.41, 5.74) is 3.74. The van der Waals surface area contributed by atoms with Gasteiger partial charge in [0, 0.05) is 18.2 Å². The van der Waals surface area contributed by atoms with Gasteiger partial charge in [0.15, 0.2) is 14.6 Å². The minimum Gasteiger partial charge on any atom is -0.450 e. The number of carbonyl (C=O) groups excluding carboxylic acids is 1. The van der Waals surface area contributed by atoms with Gasteiger partial charge in [-0.05, 0) is 78.8 Å². The molecular formula is C23H16N4O4S3. The molecule has 11 heteroatoms. The predicted octanol–water partition coefficient (Wildman–Crippen LogP) is 6.46. The quantitative estimate of drug-likeness (QED) is 0.187. The van der Waals surface area contributed by atoms with Gasteiger partial charge in [0.1, 0.15) is 5.76 Å². The molecule has 1 aliphatic heterocycles. The first-order valence-electron chi connectivity index (χ1n) is 10.0. The summed E-state index contributed by atoms with van der Waals surface area (Å²) in [5, 5.41) is 14.9. The smallest absolute Gasteiger partial charge is 0.270 e. The summed E-state index contributed by atoms with van der Waals surface area (Å²) >= 11 is 3.94. The number of hydrogen-bond acceptors (Lipinski definition) is 9. The highest BCUT2D eigenvalue weighted by Crippen LogP contribution is 2.37. The maximum atomic E-state index is 12.4. The lowest BCUT2D eigenvalue weighted by atomic mass is 10.1. The van der Waals surface area contributed by atoms with Crippen molar-refractivity contribution in [3.05, 3.63) is 80.4 Å². The van der Waals surface area contributed by atoms with Crippen molar-refractivity contribution in [2.24, 2.45) is 4.99 Å². The minimum atomic E-state index is -0.423. The van der Waals surface area contributed by atoms with Gasteiger partial charge in [0.05, 0.1) is 25.7 Å². The van der Waals surface area contributed by atoms with E-state index in [9.17, 15) is 14.9 Å². The van der Waals surface area contributed by atoms with Crippen LogP contribution in [0.2, 0.25) is 0 Å². The summed E-state index contributed by atoms with van der Waals surface area (Å²) in [6.45, 7) is 4.01. The Kier molecular flexibility index (Phi) is 5.98. The number of amidine groups is 1. The van der Waals surface area contributed by atoms with E-state index in [2.05, 4.69) is 21.4 Å². The van der Waals surface area contributed by atoms with Gasteiger partial charge in [-0.25, -0.2) is 9.98 Å². The van der Waals surface area contributed by atoms with E-state index in [0.717, 1.165) is 21.5 Å². The van der Waals surface area contributed by atoms with Crippen LogP contribution in [0, 0.1) is 24.0 Å². The lowest BCUT2D eigenvalue weighted by molar-refractivity contribution is -0.384. The number of nitro groups is 1. The number of fused-ring (bicyclic) bond motifs is 1. The number of aromatic nitrogens is 1. The maximum Gasteiger partial charge on any atom is 0.270 e. The molecule has 0 spiro atoms. The minimum absolute atomic E-state index is 0.0346. The number of amides is 1. The number of aliphatic imine (C=N–C) groups is 1. The van der Waals surface area contributed by atoms with Crippen LogP contribution in [-0.4, -0.2) is 21.0 Å². The highest BCUT2D eigenvalue weighted by Gasteiger charge is 2.24. The van der Waals surface area contributed by atoms with Crippen molar-refractivity contribution in [1.82, 2.24) is 10.3 Å². The largest absolute Gasteiger partial charge is 0.450 e. The summed E-state index contributed by atoms with van der Waals surface area (Å²) in [6, 6.07) is 14.2. The Bertz CT molecular complexity index is 1500. The standard InChI is InChI=1S/C23H16N4O4S3/c1-12-7-13(2)9-14(8-12)24-22-26-21(28)19(32-22)11-16-4-6-20(31-16)34-23-25-17-5-3-15(27(29)30)10-18(17)33-23/h3-11H,1-2H3,(H,24,26,28)/b19-11-. The van der Waals surface area contributed by atoms with Crippen molar-refractivity contribution < 1.29 is 14.1 Å². The zero-order valence-electron chi connectivity index (χ0n) is 17.9. The molecule has 4 aromatic rings. The molecule has 0 saturated carbocycles. The normalized spacial score (nSPS) is 16.0. The number of carbonyl (C=O) groups is 1. The Morgan fingerprint density at radius 1 is 1.15 bits per heavy atom. The lowest BCUT2D eigenvalue weighted by Gasteiger charge is -2.00. The molecule has 8 nitrogen and oxygen atoms in total. The molecule has 2 aromatic heterocycles. The van der Waals surface area contributed by atoms with Crippen LogP contribution in [0.25, 0.3) is 16.3 Å². The molecule has 0 unspecified atom stereocenters. The number of thioether (sulfide) groups is 1. The molecule has 1 fully saturated rings. The zero-order chi connectivity index (χ0) is 23.8. The number of furan rings is 1. The number of nitrogens with zero attached hydrogens (tertiary/aromatic N) is 3. The summed E-state index contributed by atoms with van der Waals surface area (Å²) in [4.78, 5) is 32.5. The van der Waals surface area contributed by atoms with Crippen LogP contribution < -0.4 is 5.32 Å². The fraction of sp³-hybridized carbons (Fsp3) is 0.0870. The number of aryl methyl sites for hydroxylation is 2. The molecule has 1 amide bonds. The van der Waals surface area contributed by atoms with E-state index < -0.39 is 4.92 Å². The van der Waals surface area contributed by atoms with E-state index in [1.54, 1.807) is 24.3 Å². The first kappa shape index (κ1) is 22.4. The number of benzene rings is 2. The van der Waals surface area contributed by atoms with Gasteiger partial charge in [-0.3, -0.25) is 14.9 Å². The molecule has 0 bridgehead atoms. The average molecular weight is 509 g/mol. The Labute approximate surface area is 206 Å². The van der Waals surface area contributed by atoms with Crippen LogP contribution >= 0.6 is 34.9 Å². The van der Waals surface area contributed by atoms with Crippen molar-refractivity contribution in [3.63, 3.8) is 0 Å². The summed E-state index contributed by atoms with van der Waals surface area (Å²) < 4.78 is 7.30. The summed E-state index contributed by atoms with van der Waals surface area (Å²) in [6.07, 6.45) is 1.68. The molecule has 0 aliphatic carbocycles. The number of non-ortho nitro benzene ring substituents is 1. The van der Waals surface area contributed by atoms with Crippen LogP contribution in [0.1, 0.15) is 16.9 Å². The third-order valence-corrected chi connectivity index (χ3v) is 7.62. The van der Waals surface area contributed by atoms with Crippen molar-refractivity contribution in [3.8, 4) is 0 Å². The van der Waals surface area contributed by atoms with Gasteiger partial charge in [-0.15, -0.1) is 11.3 Å². The van der Waals surface area contributed by atoms with Crippen molar-refractivity contribution in [2.75, 3.05) is 0 Å². The number of hydrogen-bond donors (Lipinski definition) is 1. The number of nitrogens with one attached hydrogen (secondary N) is 1. The van der Waals surface area contributed by atoms with E-state index >= 15 is 0 Å². The molecule has 3 heterocycles. The third kappa shape index (κ3) is 4.91. The number of rotatable bonds is 5. The summed E-state index contributed by atoms with van der Waals surface area (Å²) in [5.74, 6) is 0.302. The van der Waals surface area contributed by atoms with E-state index in [1.165, 1.54) is 47.0 Å². The highest BCUT2D eigenvalue weighted by atomic mass is 32.2. The van der Waals surface area contributed by atoms with Crippen LogP contribution in [-0.2, 0) is 4.79 Å².